The first-order valence-corrected chi connectivity index (χ1v) is 6.76. The molecule has 0 saturated heterocycles. The SMILES string of the molecule is CN(C)c1ccc(CC2=Cc3ccccc3C2)cc1. The van der Waals surface area contributed by atoms with Crippen LogP contribution in [0.25, 0.3) is 6.08 Å². The Morgan fingerprint density at radius 2 is 1.68 bits per heavy atom. The van der Waals surface area contributed by atoms with Crippen molar-refractivity contribution in [2.75, 3.05) is 19.0 Å². The first-order chi connectivity index (χ1) is 9.22. The van der Waals surface area contributed by atoms with E-state index in [-0.39, 0.29) is 0 Å². The lowest BCUT2D eigenvalue weighted by Gasteiger charge is -2.12. The predicted molar refractivity (Wildman–Crippen MR) is 82.6 cm³/mol. The third-order valence-corrected chi connectivity index (χ3v) is 3.72. The van der Waals surface area contributed by atoms with E-state index < -0.39 is 0 Å². The molecule has 1 nitrogen and oxygen atoms in total. The summed E-state index contributed by atoms with van der Waals surface area (Å²) in [5, 5.41) is 0. The van der Waals surface area contributed by atoms with Crippen molar-refractivity contribution in [3.8, 4) is 0 Å². The zero-order valence-corrected chi connectivity index (χ0v) is 11.6. The molecule has 0 spiro atoms. The van der Waals surface area contributed by atoms with Crippen molar-refractivity contribution >= 4 is 11.8 Å². The number of hydrogen-bond acceptors (Lipinski definition) is 1. The number of rotatable bonds is 3. The minimum Gasteiger partial charge on any atom is -0.378 e. The summed E-state index contributed by atoms with van der Waals surface area (Å²) < 4.78 is 0. The Bertz CT molecular complexity index is 606. The third-order valence-electron chi connectivity index (χ3n) is 3.72. The standard InChI is InChI=1S/C18H19N/c1-19(2)18-9-7-14(8-10-18)11-15-12-16-5-3-4-6-17(16)13-15/h3-10,12H,11,13H2,1-2H3. The van der Waals surface area contributed by atoms with Gasteiger partial charge in [0.15, 0.2) is 0 Å². The summed E-state index contributed by atoms with van der Waals surface area (Å²) in [7, 11) is 4.15. The first-order valence-electron chi connectivity index (χ1n) is 6.76. The van der Waals surface area contributed by atoms with Crippen LogP contribution in [-0.2, 0) is 12.8 Å². The van der Waals surface area contributed by atoms with Crippen molar-refractivity contribution in [3.05, 3.63) is 70.8 Å². The Hall–Kier alpha value is -2.02. The van der Waals surface area contributed by atoms with Crippen molar-refractivity contribution in [2.45, 2.75) is 12.8 Å². The van der Waals surface area contributed by atoms with Gasteiger partial charge in [0.1, 0.15) is 0 Å². The lowest BCUT2D eigenvalue weighted by atomic mass is 10.0. The number of fused-ring (bicyclic) bond motifs is 1. The molecule has 0 radical (unpaired) electrons. The summed E-state index contributed by atoms with van der Waals surface area (Å²) in [5.74, 6) is 0. The van der Waals surface area contributed by atoms with Gasteiger partial charge in [-0.25, -0.2) is 0 Å². The number of hydrogen-bond donors (Lipinski definition) is 0. The minimum absolute atomic E-state index is 1.06. The van der Waals surface area contributed by atoms with E-state index in [4.69, 9.17) is 0 Å². The lowest BCUT2D eigenvalue weighted by molar-refractivity contribution is 1.07. The van der Waals surface area contributed by atoms with E-state index in [1.807, 2.05) is 0 Å². The number of benzene rings is 2. The Balaban J connectivity index is 1.74. The van der Waals surface area contributed by atoms with Gasteiger partial charge in [-0.1, -0.05) is 48.0 Å². The van der Waals surface area contributed by atoms with Crippen LogP contribution in [-0.4, -0.2) is 14.1 Å². The van der Waals surface area contributed by atoms with Gasteiger partial charge in [0, 0.05) is 19.8 Å². The average Bonchev–Trinajstić information content (AvgIpc) is 2.81. The van der Waals surface area contributed by atoms with Crippen LogP contribution < -0.4 is 4.90 Å². The average molecular weight is 249 g/mol. The molecule has 2 aromatic carbocycles. The molecule has 19 heavy (non-hydrogen) atoms. The van der Waals surface area contributed by atoms with Gasteiger partial charge in [0.25, 0.3) is 0 Å². The van der Waals surface area contributed by atoms with Crippen molar-refractivity contribution in [1.82, 2.24) is 0 Å². The van der Waals surface area contributed by atoms with E-state index in [0.717, 1.165) is 12.8 Å². The Morgan fingerprint density at radius 3 is 2.37 bits per heavy atom. The van der Waals surface area contributed by atoms with E-state index >= 15 is 0 Å². The molecule has 1 heteroatoms. The highest BCUT2D eigenvalue weighted by atomic mass is 15.1. The fourth-order valence-corrected chi connectivity index (χ4v) is 2.64. The fourth-order valence-electron chi connectivity index (χ4n) is 2.64. The maximum absolute atomic E-state index is 2.34. The molecule has 3 rings (SSSR count). The molecule has 0 heterocycles. The quantitative estimate of drug-likeness (QED) is 0.796. The maximum atomic E-state index is 2.34. The van der Waals surface area contributed by atoms with Crippen LogP contribution in [0.5, 0.6) is 0 Å². The molecule has 0 unspecified atom stereocenters. The topological polar surface area (TPSA) is 3.24 Å². The van der Waals surface area contributed by atoms with E-state index in [1.54, 1.807) is 0 Å². The third kappa shape index (κ3) is 2.55. The zero-order chi connectivity index (χ0) is 13.2. The number of nitrogens with zero attached hydrogens (tertiary/aromatic N) is 1. The highest BCUT2D eigenvalue weighted by Gasteiger charge is 2.11. The molecule has 0 bridgehead atoms. The van der Waals surface area contributed by atoms with Gasteiger partial charge in [-0.3, -0.25) is 0 Å². The zero-order valence-electron chi connectivity index (χ0n) is 11.6. The normalized spacial score (nSPS) is 13.1. The van der Waals surface area contributed by atoms with Gasteiger partial charge in [0.2, 0.25) is 0 Å². The van der Waals surface area contributed by atoms with Crippen LogP contribution in [0.4, 0.5) is 5.69 Å². The summed E-state index contributed by atoms with van der Waals surface area (Å²) >= 11 is 0. The van der Waals surface area contributed by atoms with Gasteiger partial charge in [-0.2, -0.15) is 0 Å². The molecule has 0 amide bonds. The van der Waals surface area contributed by atoms with Crippen LogP contribution >= 0.6 is 0 Å². The van der Waals surface area contributed by atoms with Crippen molar-refractivity contribution in [1.29, 1.82) is 0 Å². The van der Waals surface area contributed by atoms with Crippen LogP contribution in [0.3, 0.4) is 0 Å². The lowest BCUT2D eigenvalue weighted by Crippen LogP contribution is -2.08. The van der Waals surface area contributed by atoms with E-state index in [1.165, 1.54) is 28.0 Å². The van der Waals surface area contributed by atoms with Crippen molar-refractivity contribution in [2.24, 2.45) is 0 Å². The summed E-state index contributed by atoms with van der Waals surface area (Å²) in [6, 6.07) is 17.5. The van der Waals surface area contributed by atoms with Crippen molar-refractivity contribution < 1.29 is 0 Å². The van der Waals surface area contributed by atoms with E-state index in [0.29, 0.717) is 0 Å². The molecule has 0 aromatic heterocycles. The van der Waals surface area contributed by atoms with Gasteiger partial charge in [-0.05, 0) is 41.7 Å². The molecular weight excluding hydrogens is 230 g/mol. The molecular formula is C18H19N. The van der Waals surface area contributed by atoms with Crippen LogP contribution in [0.2, 0.25) is 0 Å². The highest BCUT2D eigenvalue weighted by molar-refractivity contribution is 5.64. The molecule has 2 aromatic rings. The Labute approximate surface area is 115 Å². The van der Waals surface area contributed by atoms with E-state index in [9.17, 15) is 0 Å². The number of anilines is 1. The molecule has 0 atom stereocenters. The molecule has 0 N–H and O–H groups in total. The maximum Gasteiger partial charge on any atom is 0.0361 e. The molecule has 1 aliphatic carbocycles. The van der Waals surface area contributed by atoms with Gasteiger partial charge in [0.05, 0.1) is 0 Å². The van der Waals surface area contributed by atoms with Crippen LogP contribution in [0.1, 0.15) is 16.7 Å². The van der Waals surface area contributed by atoms with Crippen LogP contribution in [0, 0.1) is 0 Å². The number of allylic oxidation sites excluding steroid dienone is 1. The molecule has 0 aliphatic heterocycles. The second-order valence-corrected chi connectivity index (χ2v) is 5.42. The highest BCUT2D eigenvalue weighted by Crippen LogP contribution is 2.27. The second kappa shape index (κ2) is 4.93. The van der Waals surface area contributed by atoms with Gasteiger partial charge in [-0.15, -0.1) is 0 Å². The first kappa shape index (κ1) is 12.0. The molecule has 96 valence electrons. The second-order valence-electron chi connectivity index (χ2n) is 5.42. The molecule has 0 saturated carbocycles. The van der Waals surface area contributed by atoms with Crippen molar-refractivity contribution in [3.63, 3.8) is 0 Å². The predicted octanol–water partition coefficient (Wildman–Crippen LogP) is 3.93. The molecule has 1 aliphatic rings. The Morgan fingerprint density at radius 1 is 0.947 bits per heavy atom. The summed E-state index contributed by atoms with van der Waals surface area (Å²) in [6.45, 7) is 0. The molecule has 0 fully saturated rings. The van der Waals surface area contributed by atoms with Gasteiger partial charge < -0.3 is 4.90 Å². The Kier molecular flexibility index (Phi) is 3.12. The summed E-state index contributed by atoms with van der Waals surface area (Å²) in [5.41, 5.74) is 7.01. The smallest absolute Gasteiger partial charge is 0.0361 e. The summed E-state index contributed by atoms with van der Waals surface area (Å²) in [6.07, 6.45) is 4.50. The van der Waals surface area contributed by atoms with Crippen LogP contribution in [0.15, 0.2) is 54.1 Å². The fraction of sp³-hybridized carbons (Fsp3) is 0.222. The van der Waals surface area contributed by atoms with E-state index in [2.05, 4.69) is 73.6 Å². The summed E-state index contributed by atoms with van der Waals surface area (Å²) in [4.78, 5) is 2.13. The van der Waals surface area contributed by atoms with Gasteiger partial charge >= 0.3 is 0 Å². The minimum atomic E-state index is 1.06. The largest absolute Gasteiger partial charge is 0.378 e. The monoisotopic (exact) mass is 249 g/mol.